The number of hydrogen-bond acceptors (Lipinski definition) is 4. The van der Waals surface area contributed by atoms with Crippen LogP contribution in [0.5, 0.6) is 5.75 Å². The number of benzene rings is 1. The zero-order chi connectivity index (χ0) is 14.0. The van der Waals surface area contributed by atoms with Crippen molar-refractivity contribution in [1.29, 1.82) is 0 Å². The van der Waals surface area contributed by atoms with Crippen molar-refractivity contribution in [3.8, 4) is 17.0 Å². The quantitative estimate of drug-likeness (QED) is 0.907. The first-order valence-corrected chi connectivity index (χ1v) is 5.76. The smallest absolute Gasteiger partial charge is 0.331 e. The Kier molecular flexibility index (Phi) is 3.25. The number of aliphatic carboxylic acids is 1. The van der Waals surface area contributed by atoms with E-state index in [-0.39, 0.29) is 0 Å². The molecule has 0 saturated heterocycles. The van der Waals surface area contributed by atoms with Gasteiger partial charge in [0.1, 0.15) is 11.4 Å². The zero-order valence-electron chi connectivity index (χ0n) is 11.0. The van der Waals surface area contributed by atoms with Gasteiger partial charge in [0.2, 0.25) is 0 Å². The molecule has 1 heterocycles. The highest BCUT2D eigenvalue weighted by atomic mass is 16.5. The van der Waals surface area contributed by atoms with Crippen LogP contribution in [0.3, 0.4) is 0 Å². The largest absolute Gasteiger partial charge is 0.497 e. The Bertz CT molecular complexity index is 587. The Morgan fingerprint density at radius 1 is 1.32 bits per heavy atom. The van der Waals surface area contributed by atoms with Gasteiger partial charge in [-0.2, -0.15) is 0 Å². The second-order valence-corrected chi connectivity index (χ2v) is 4.64. The molecule has 0 aliphatic heterocycles. The van der Waals surface area contributed by atoms with Crippen molar-refractivity contribution in [3.05, 3.63) is 30.5 Å². The van der Waals surface area contributed by atoms with Gasteiger partial charge in [0.15, 0.2) is 5.54 Å². The van der Waals surface area contributed by atoms with Crippen molar-refractivity contribution >= 4 is 5.97 Å². The summed E-state index contributed by atoms with van der Waals surface area (Å²) >= 11 is 0. The molecule has 0 amide bonds. The molecular formula is C13H15N3O3. The lowest BCUT2D eigenvalue weighted by Crippen LogP contribution is -2.36. The van der Waals surface area contributed by atoms with E-state index in [4.69, 9.17) is 9.84 Å². The predicted molar refractivity (Wildman–Crippen MR) is 69.0 cm³/mol. The molecule has 0 spiro atoms. The minimum absolute atomic E-state index is 0.622. The topological polar surface area (TPSA) is 77.2 Å². The number of carbonyl (C=O) groups is 1. The molecule has 100 valence electrons. The molecule has 6 nitrogen and oxygen atoms in total. The molecule has 0 bridgehead atoms. The number of carboxylic acids is 1. The van der Waals surface area contributed by atoms with Gasteiger partial charge in [-0.1, -0.05) is 5.21 Å². The first-order chi connectivity index (χ1) is 8.95. The van der Waals surface area contributed by atoms with Crippen LogP contribution in [0.25, 0.3) is 11.3 Å². The van der Waals surface area contributed by atoms with Gasteiger partial charge in [0.25, 0.3) is 0 Å². The average molecular weight is 261 g/mol. The number of methoxy groups -OCH3 is 1. The summed E-state index contributed by atoms with van der Waals surface area (Å²) in [6.45, 7) is 3.14. The van der Waals surface area contributed by atoms with Crippen LogP contribution in [0.1, 0.15) is 13.8 Å². The molecule has 19 heavy (non-hydrogen) atoms. The van der Waals surface area contributed by atoms with Gasteiger partial charge in [-0.15, -0.1) is 5.10 Å². The van der Waals surface area contributed by atoms with Crippen LogP contribution < -0.4 is 4.74 Å². The summed E-state index contributed by atoms with van der Waals surface area (Å²) in [5.41, 5.74) is 0.350. The maximum atomic E-state index is 11.1. The van der Waals surface area contributed by atoms with E-state index in [1.165, 1.54) is 4.68 Å². The molecule has 0 saturated carbocycles. The molecule has 2 rings (SSSR count). The van der Waals surface area contributed by atoms with E-state index in [1.807, 2.05) is 24.3 Å². The highest BCUT2D eigenvalue weighted by Gasteiger charge is 2.30. The molecule has 6 heteroatoms. The summed E-state index contributed by atoms with van der Waals surface area (Å²) in [5.74, 6) is -0.208. The third kappa shape index (κ3) is 2.42. The van der Waals surface area contributed by atoms with E-state index in [9.17, 15) is 4.79 Å². The van der Waals surface area contributed by atoms with Crippen LogP contribution in [0.2, 0.25) is 0 Å². The zero-order valence-corrected chi connectivity index (χ0v) is 11.0. The summed E-state index contributed by atoms with van der Waals surface area (Å²) in [7, 11) is 1.60. The fourth-order valence-corrected chi connectivity index (χ4v) is 1.53. The van der Waals surface area contributed by atoms with Gasteiger partial charge >= 0.3 is 5.97 Å². The minimum atomic E-state index is -1.13. The van der Waals surface area contributed by atoms with Crippen molar-refractivity contribution in [1.82, 2.24) is 15.0 Å². The van der Waals surface area contributed by atoms with E-state index < -0.39 is 11.5 Å². The number of rotatable bonds is 4. The Labute approximate surface area is 110 Å². The summed E-state index contributed by atoms with van der Waals surface area (Å²) in [5, 5.41) is 17.0. The summed E-state index contributed by atoms with van der Waals surface area (Å²) in [4.78, 5) is 11.1. The van der Waals surface area contributed by atoms with Crippen LogP contribution >= 0.6 is 0 Å². The summed E-state index contributed by atoms with van der Waals surface area (Å²) in [6, 6.07) is 7.33. The molecule has 0 aliphatic rings. The van der Waals surface area contributed by atoms with Gasteiger partial charge in [-0.05, 0) is 38.1 Å². The van der Waals surface area contributed by atoms with E-state index in [0.717, 1.165) is 11.3 Å². The second-order valence-electron chi connectivity index (χ2n) is 4.64. The van der Waals surface area contributed by atoms with Gasteiger partial charge in [-0.25, -0.2) is 9.48 Å². The number of nitrogens with zero attached hydrogens (tertiary/aromatic N) is 3. The van der Waals surface area contributed by atoms with Crippen molar-refractivity contribution in [3.63, 3.8) is 0 Å². The van der Waals surface area contributed by atoms with Crippen LogP contribution in [-0.2, 0) is 10.3 Å². The molecule has 0 fully saturated rings. The lowest BCUT2D eigenvalue weighted by molar-refractivity contribution is -0.146. The van der Waals surface area contributed by atoms with E-state index >= 15 is 0 Å². The molecule has 0 atom stereocenters. The van der Waals surface area contributed by atoms with Crippen molar-refractivity contribution < 1.29 is 14.6 Å². The van der Waals surface area contributed by atoms with Gasteiger partial charge in [-0.3, -0.25) is 0 Å². The molecule has 0 unspecified atom stereocenters. The van der Waals surface area contributed by atoms with Crippen LogP contribution in [-0.4, -0.2) is 33.2 Å². The average Bonchev–Trinajstić information content (AvgIpc) is 2.89. The molecule has 1 aromatic heterocycles. The Balaban J connectivity index is 2.32. The Hall–Kier alpha value is -2.37. The number of ether oxygens (including phenoxy) is 1. The standard InChI is InChI=1S/C13H15N3O3/c1-13(2,12(17)18)16-8-11(14-15-16)9-4-6-10(19-3)7-5-9/h4-8H,1-3H3,(H,17,18). The van der Waals surface area contributed by atoms with Gasteiger partial charge in [0.05, 0.1) is 13.3 Å². The van der Waals surface area contributed by atoms with Crippen LogP contribution in [0.15, 0.2) is 30.5 Å². The second kappa shape index (κ2) is 4.72. The summed E-state index contributed by atoms with van der Waals surface area (Å²) < 4.78 is 6.42. The fraction of sp³-hybridized carbons (Fsp3) is 0.308. The maximum absolute atomic E-state index is 11.1. The van der Waals surface area contributed by atoms with Crippen LogP contribution in [0, 0.1) is 0 Å². The first kappa shape index (κ1) is 13.1. The highest BCUT2D eigenvalue weighted by Crippen LogP contribution is 2.22. The SMILES string of the molecule is COc1ccc(-c2cn(C(C)(C)C(=O)O)nn2)cc1. The van der Waals surface area contributed by atoms with Crippen LogP contribution in [0.4, 0.5) is 0 Å². The predicted octanol–water partition coefficient (Wildman–Crippen LogP) is 1.77. The van der Waals surface area contributed by atoms with E-state index in [0.29, 0.717) is 5.69 Å². The lowest BCUT2D eigenvalue weighted by Gasteiger charge is -2.18. The maximum Gasteiger partial charge on any atom is 0.331 e. The normalized spacial score (nSPS) is 11.3. The number of aromatic nitrogens is 3. The van der Waals surface area contributed by atoms with Crippen molar-refractivity contribution in [2.45, 2.75) is 19.4 Å². The molecular weight excluding hydrogens is 246 g/mol. The molecule has 1 N–H and O–H groups in total. The fourth-order valence-electron chi connectivity index (χ4n) is 1.53. The first-order valence-electron chi connectivity index (χ1n) is 5.76. The lowest BCUT2D eigenvalue weighted by atomic mass is 10.1. The molecule has 2 aromatic rings. The highest BCUT2D eigenvalue weighted by molar-refractivity contribution is 5.75. The van der Waals surface area contributed by atoms with Crippen molar-refractivity contribution in [2.75, 3.05) is 7.11 Å². The monoisotopic (exact) mass is 261 g/mol. The molecule has 1 aromatic carbocycles. The molecule has 0 aliphatic carbocycles. The Morgan fingerprint density at radius 2 is 1.95 bits per heavy atom. The minimum Gasteiger partial charge on any atom is -0.497 e. The van der Waals surface area contributed by atoms with Crippen molar-refractivity contribution in [2.24, 2.45) is 0 Å². The number of carboxylic acid groups (broad SMARTS) is 1. The third-order valence-electron chi connectivity index (χ3n) is 2.98. The summed E-state index contributed by atoms with van der Waals surface area (Å²) in [6.07, 6.45) is 1.62. The van der Waals surface area contributed by atoms with E-state index in [1.54, 1.807) is 27.2 Å². The van der Waals surface area contributed by atoms with E-state index in [2.05, 4.69) is 10.3 Å². The molecule has 0 radical (unpaired) electrons. The Morgan fingerprint density at radius 3 is 2.47 bits per heavy atom. The number of hydrogen-bond donors (Lipinski definition) is 1. The third-order valence-corrected chi connectivity index (χ3v) is 2.98. The van der Waals surface area contributed by atoms with Gasteiger partial charge < -0.3 is 9.84 Å². The van der Waals surface area contributed by atoms with Gasteiger partial charge in [0, 0.05) is 5.56 Å².